The van der Waals surface area contributed by atoms with Gasteiger partial charge in [-0.1, -0.05) is 23.7 Å². The van der Waals surface area contributed by atoms with Crippen molar-refractivity contribution in [3.05, 3.63) is 34.9 Å². The summed E-state index contributed by atoms with van der Waals surface area (Å²) in [7, 11) is 2.07. The van der Waals surface area contributed by atoms with E-state index in [0.29, 0.717) is 10.8 Å². The Morgan fingerprint density at radius 2 is 2.35 bits per heavy atom. The van der Waals surface area contributed by atoms with Crippen LogP contribution in [0.4, 0.5) is 0 Å². The molecule has 2 atom stereocenters. The molecule has 1 aromatic rings. The zero-order chi connectivity index (χ0) is 12.3. The Hall–Kier alpha value is -0.180. The summed E-state index contributed by atoms with van der Waals surface area (Å²) in [6.45, 7) is 2.39. The second-order valence-electron chi connectivity index (χ2n) is 4.94. The van der Waals surface area contributed by atoms with Crippen LogP contribution in [0.15, 0.2) is 24.3 Å². The van der Waals surface area contributed by atoms with Crippen LogP contribution in [-0.2, 0) is 6.42 Å². The first-order valence-corrected chi connectivity index (χ1v) is 7.56. The van der Waals surface area contributed by atoms with E-state index < -0.39 is 0 Å². The summed E-state index contributed by atoms with van der Waals surface area (Å²) < 4.78 is 0.372. The maximum absolute atomic E-state index is 6.04. The highest BCUT2D eigenvalue weighted by Gasteiger charge is 2.36. The van der Waals surface area contributed by atoms with E-state index in [2.05, 4.69) is 43.2 Å². The average molecular weight is 270 g/mol. The quantitative estimate of drug-likeness (QED) is 0.893. The molecule has 0 bridgehead atoms. The zero-order valence-corrected chi connectivity index (χ0v) is 12.1. The Morgan fingerprint density at radius 3 is 2.94 bits per heavy atom. The molecule has 1 saturated heterocycles. The maximum atomic E-state index is 6.04. The molecule has 1 heterocycles. The fourth-order valence-electron chi connectivity index (χ4n) is 2.60. The number of hydrogen-bond acceptors (Lipinski definition) is 2. The van der Waals surface area contributed by atoms with Gasteiger partial charge in [0, 0.05) is 15.8 Å². The molecule has 17 heavy (non-hydrogen) atoms. The zero-order valence-electron chi connectivity index (χ0n) is 10.5. The molecule has 1 aliphatic heterocycles. The Labute approximate surface area is 113 Å². The van der Waals surface area contributed by atoms with Gasteiger partial charge in [0.2, 0.25) is 0 Å². The van der Waals surface area contributed by atoms with Crippen LogP contribution in [0.1, 0.15) is 25.3 Å². The summed E-state index contributed by atoms with van der Waals surface area (Å²) in [4.78, 5) is 0. The van der Waals surface area contributed by atoms with Gasteiger partial charge < -0.3 is 5.32 Å². The molecule has 0 amide bonds. The van der Waals surface area contributed by atoms with E-state index in [0.717, 1.165) is 11.4 Å². The normalized spacial score (nSPS) is 26.1. The van der Waals surface area contributed by atoms with E-state index in [9.17, 15) is 0 Å². The summed E-state index contributed by atoms with van der Waals surface area (Å²) >= 11 is 8.15. The van der Waals surface area contributed by atoms with Crippen LogP contribution in [0.2, 0.25) is 5.02 Å². The largest absolute Gasteiger partial charge is 0.315 e. The number of benzene rings is 1. The summed E-state index contributed by atoms with van der Waals surface area (Å²) in [5, 5.41) is 4.32. The standard InChI is InChI=1S/C14H20ClNS/c1-14(7-4-8-17-14)13(16-2)10-11-5-3-6-12(15)9-11/h3,5-6,9,13,16H,4,7-8,10H2,1-2H3. The number of thioether (sulfide) groups is 1. The SMILES string of the molecule is CNC(Cc1cccc(Cl)c1)C1(C)CCCS1. The van der Waals surface area contributed by atoms with Crippen LogP contribution in [-0.4, -0.2) is 23.6 Å². The van der Waals surface area contributed by atoms with Crippen LogP contribution >= 0.6 is 23.4 Å². The van der Waals surface area contributed by atoms with Crippen molar-refractivity contribution >= 4 is 23.4 Å². The molecule has 94 valence electrons. The van der Waals surface area contributed by atoms with Gasteiger partial charge in [0.1, 0.15) is 0 Å². The maximum Gasteiger partial charge on any atom is 0.0408 e. The lowest BCUT2D eigenvalue weighted by atomic mass is 9.91. The second-order valence-corrected chi connectivity index (χ2v) is 7.01. The van der Waals surface area contributed by atoms with Gasteiger partial charge in [-0.05, 0) is 56.7 Å². The van der Waals surface area contributed by atoms with Crippen molar-refractivity contribution in [3.8, 4) is 0 Å². The van der Waals surface area contributed by atoms with E-state index in [4.69, 9.17) is 11.6 Å². The molecule has 0 aromatic heterocycles. The van der Waals surface area contributed by atoms with Crippen LogP contribution in [0.5, 0.6) is 0 Å². The van der Waals surface area contributed by atoms with Gasteiger partial charge in [-0.3, -0.25) is 0 Å². The van der Waals surface area contributed by atoms with Crippen LogP contribution in [0.25, 0.3) is 0 Å². The minimum Gasteiger partial charge on any atom is -0.315 e. The van der Waals surface area contributed by atoms with Crippen molar-refractivity contribution in [1.82, 2.24) is 5.32 Å². The summed E-state index contributed by atoms with van der Waals surface area (Å²) in [5.41, 5.74) is 1.32. The number of halogens is 1. The molecule has 0 aliphatic carbocycles. The number of likely N-dealkylation sites (N-methyl/N-ethyl adjacent to an activating group) is 1. The van der Waals surface area contributed by atoms with E-state index >= 15 is 0 Å². The summed E-state index contributed by atoms with van der Waals surface area (Å²) in [6.07, 6.45) is 3.71. The van der Waals surface area contributed by atoms with Crippen molar-refractivity contribution in [2.24, 2.45) is 0 Å². The lowest BCUT2D eigenvalue weighted by Gasteiger charge is -2.33. The molecule has 1 fully saturated rings. The molecule has 3 heteroatoms. The third-order valence-corrected chi connectivity index (χ3v) is 5.54. The number of rotatable bonds is 4. The second kappa shape index (κ2) is 5.64. The van der Waals surface area contributed by atoms with E-state index in [1.807, 2.05) is 12.1 Å². The van der Waals surface area contributed by atoms with Crippen molar-refractivity contribution in [3.63, 3.8) is 0 Å². The molecule has 2 rings (SSSR count). The predicted octanol–water partition coefficient (Wildman–Crippen LogP) is 3.76. The van der Waals surface area contributed by atoms with Gasteiger partial charge in [0.05, 0.1) is 0 Å². The van der Waals surface area contributed by atoms with Crippen LogP contribution < -0.4 is 5.32 Å². The predicted molar refractivity (Wildman–Crippen MR) is 78.1 cm³/mol. The minimum absolute atomic E-state index is 0.372. The van der Waals surface area contributed by atoms with Crippen LogP contribution in [0, 0.1) is 0 Å². The average Bonchev–Trinajstić information content (AvgIpc) is 2.74. The van der Waals surface area contributed by atoms with Crippen molar-refractivity contribution in [2.45, 2.75) is 37.0 Å². The van der Waals surface area contributed by atoms with Gasteiger partial charge in [-0.15, -0.1) is 0 Å². The van der Waals surface area contributed by atoms with E-state index in [1.54, 1.807) is 0 Å². The Balaban J connectivity index is 2.09. The third-order valence-electron chi connectivity index (χ3n) is 3.66. The molecular weight excluding hydrogens is 250 g/mol. The monoisotopic (exact) mass is 269 g/mol. The van der Waals surface area contributed by atoms with E-state index in [1.165, 1.54) is 24.2 Å². The van der Waals surface area contributed by atoms with Gasteiger partial charge in [0.15, 0.2) is 0 Å². The summed E-state index contributed by atoms with van der Waals surface area (Å²) in [5.74, 6) is 1.30. The first-order valence-electron chi connectivity index (χ1n) is 6.20. The smallest absolute Gasteiger partial charge is 0.0408 e. The number of hydrogen-bond donors (Lipinski definition) is 1. The van der Waals surface area contributed by atoms with Crippen molar-refractivity contribution in [1.29, 1.82) is 0 Å². The van der Waals surface area contributed by atoms with E-state index in [-0.39, 0.29) is 0 Å². The van der Waals surface area contributed by atoms with Gasteiger partial charge in [-0.25, -0.2) is 0 Å². The molecule has 0 saturated carbocycles. The highest BCUT2D eigenvalue weighted by molar-refractivity contribution is 8.00. The first kappa shape index (κ1) is 13.3. The molecular formula is C14H20ClNS. The number of nitrogens with one attached hydrogen (secondary N) is 1. The highest BCUT2D eigenvalue weighted by Crippen LogP contribution is 2.41. The Morgan fingerprint density at radius 1 is 1.53 bits per heavy atom. The van der Waals surface area contributed by atoms with Crippen molar-refractivity contribution in [2.75, 3.05) is 12.8 Å². The lowest BCUT2D eigenvalue weighted by Crippen LogP contribution is -2.45. The lowest BCUT2D eigenvalue weighted by molar-refractivity contribution is 0.424. The minimum atomic E-state index is 0.372. The van der Waals surface area contributed by atoms with Gasteiger partial charge in [0.25, 0.3) is 0 Å². The summed E-state index contributed by atoms with van der Waals surface area (Å²) in [6, 6.07) is 8.74. The molecule has 1 N–H and O–H groups in total. The fraction of sp³-hybridized carbons (Fsp3) is 0.571. The van der Waals surface area contributed by atoms with Gasteiger partial charge in [-0.2, -0.15) is 11.8 Å². The molecule has 1 nitrogen and oxygen atoms in total. The molecule has 2 unspecified atom stereocenters. The first-order chi connectivity index (χ1) is 8.14. The highest BCUT2D eigenvalue weighted by atomic mass is 35.5. The Kier molecular flexibility index (Phi) is 4.40. The van der Waals surface area contributed by atoms with Crippen LogP contribution in [0.3, 0.4) is 0 Å². The Bertz CT molecular complexity index is 374. The topological polar surface area (TPSA) is 12.0 Å². The third kappa shape index (κ3) is 3.18. The fourth-order valence-corrected chi connectivity index (χ4v) is 4.26. The van der Waals surface area contributed by atoms with Gasteiger partial charge >= 0.3 is 0 Å². The molecule has 1 aliphatic rings. The molecule has 0 spiro atoms. The molecule has 1 aromatic carbocycles. The van der Waals surface area contributed by atoms with Crippen molar-refractivity contribution < 1.29 is 0 Å². The molecule has 0 radical (unpaired) electrons.